The minimum atomic E-state index is -0.242. The lowest BCUT2D eigenvalue weighted by atomic mass is 10.3. The molecule has 0 fully saturated rings. The Morgan fingerprint density at radius 2 is 1.92 bits per heavy atom. The Hall–Kier alpha value is -2.60. The van der Waals surface area contributed by atoms with Crippen molar-refractivity contribution in [2.24, 2.45) is 0 Å². The molecule has 5 nitrogen and oxygen atoms in total. The number of aromatic nitrogens is 1. The van der Waals surface area contributed by atoms with Gasteiger partial charge in [-0.3, -0.25) is 10.1 Å². The van der Waals surface area contributed by atoms with E-state index < -0.39 is 0 Å². The van der Waals surface area contributed by atoms with E-state index in [4.69, 9.17) is 9.47 Å². The van der Waals surface area contributed by atoms with Gasteiger partial charge in [0.1, 0.15) is 11.5 Å². The summed E-state index contributed by atoms with van der Waals surface area (Å²) in [4.78, 5) is 16.4. The van der Waals surface area contributed by atoms with Gasteiger partial charge in [-0.05, 0) is 30.7 Å². The number of carbonyl (C=O) groups is 1. The van der Waals surface area contributed by atoms with Crippen LogP contribution >= 0.6 is 11.3 Å². The number of anilines is 1. The maximum atomic E-state index is 12.0. The van der Waals surface area contributed by atoms with Gasteiger partial charge in [0.15, 0.2) is 11.7 Å². The fourth-order valence-electron chi connectivity index (χ4n) is 2.10. The first-order valence-electron chi connectivity index (χ1n) is 7.75. The first kappa shape index (κ1) is 16.3. The fourth-order valence-corrected chi connectivity index (χ4v) is 2.99. The van der Waals surface area contributed by atoms with E-state index in [-0.39, 0.29) is 12.5 Å². The number of nitrogens with zero attached hydrogens (tertiary/aromatic N) is 1. The van der Waals surface area contributed by atoms with E-state index in [1.807, 2.05) is 43.3 Å². The Bertz CT molecular complexity index is 799. The van der Waals surface area contributed by atoms with Gasteiger partial charge in [0.05, 0.1) is 16.8 Å². The molecule has 0 unspecified atom stereocenters. The smallest absolute Gasteiger partial charge is 0.264 e. The van der Waals surface area contributed by atoms with Crippen molar-refractivity contribution in [1.82, 2.24) is 4.98 Å². The number of amides is 1. The number of benzene rings is 2. The van der Waals surface area contributed by atoms with Crippen LogP contribution in [0.1, 0.15) is 13.3 Å². The van der Waals surface area contributed by atoms with Crippen LogP contribution in [0.15, 0.2) is 48.5 Å². The van der Waals surface area contributed by atoms with Crippen molar-refractivity contribution in [2.75, 3.05) is 18.5 Å². The van der Waals surface area contributed by atoms with Crippen LogP contribution in [0.3, 0.4) is 0 Å². The van der Waals surface area contributed by atoms with E-state index in [0.717, 1.165) is 22.4 Å². The van der Waals surface area contributed by atoms with Crippen LogP contribution in [0.5, 0.6) is 11.5 Å². The van der Waals surface area contributed by atoms with Gasteiger partial charge in [0.25, 0.3) is 5.91 Å². The van der Waals surface area contributed by atoms with Crippen LogP contribution in [0, 0.1) is 0 Å². The Morgan fingerprint density at radius 1 is 1.12 bits per heavy atom. The molecule has 0 saturated carbocycles. The molecule has 0 aliphatic carbocycles. The number of hydrogen-bond acceptors (Lipinski definition) is 5. The molecule has 3 aromatic rings. The van der Waals surface area contributed by atoms with Gasteiger partial charge in [-0.1, -0.05) is 36.5 Å². The molecule has 3 rings (SSSR count). The minimum Gasteiger partial charge on any atom is -0.493 e. The highest BCUT2D eigenvalue weighted by atomic mass is 32.1. The molecule has 0 bridgehead atoms. The molecule has 0 aliphatic heterocycles. The molecular weight excluding hydrogens is 324 g/mol. The van der Waals surface area contributed by atoms with Gasteiger partial charge in [0.2, 0.25) is 0 Å². The van der Waals surface area contributed by atoms with Crippen LogP contribution in [0.25, 0.3) is 10.2 Å². The fraction of sp³-hybridized carbons (Fsp3) is 0.222. The molecule has 6 heteroatoms. The first-order chi connectivity index (χ1) is 11.7. The van der Waals surface area contributed by atoms with Gasteiger partial charge >= 0.3 is 0 Å². The Labute approximate surface area is 144 Å². The highest BCUT2D eigenvalue weighted by molar-refractivity contribution is 7.22. The summed E-state index contributed by atoms with van der Waals surface area (Å²) < 4.78 is 12.1. The zero-order valence-corrected chi connectivity index (χ0v) is 14.1. The van der Waals surface area contributed by atoms with Crippen LogP contribution in [0.4, 0.5) is 5.13 Å². The third-order valence-corrected chi connectivity index (χ3v) is 4.14. The largest absolute Gasteiger partial charge is 0.493 e. The maximum Gasteiger partial charge on any atom is 0.264 e. The Morgan fingerprint density at radius 3 is 2.71 bits per heavy atom. The standard InChI is InChI=1S/C18H18N2O3S/c1-2-10-22-13-6-5-7-14(11-13)23-12-17(21)20-18-19-15-8-3-4-9-16(15)24-18/h3-9,11H,2,10,12H2,1H3,(H,19,20,21). The topological polar surface area (TPSA) is 60.5 Å². The molecule has 0 spiro atoms. The molecule has 0 atom stereocenters. The van der Waals surface area contributed by atoms with Crippen molar-refractivity contribution in [3.8, 4) is 11.5 Å². The summed E-state index contributed by atoms with van der Waals surface area (Å²) in [7, 11) is 0. The molecule has 1 heterocycles. The highest BCUT2D eigenvalue weighted by Gasteiger charge is 2.08. The first-order valence-corrected chi connectivity index (χ1v) is 8.57. The summed E-state index contributed by atoms with van der Waals surface area (Å²) in [6, 6.07) is 15.0. The lowest BCUT2D eigenvalue weighted by Crippen LogP contribution is -2.20. The molecule has 124 valence electrons. The molecule has 2 aromatic carbocycles. The van der Waals surface area contributed by atoms with Crippen molar-refractivity contribution in [2.45, 2.75) is 13.3 Å². The van der Waals surface area contributed by atoms with Crippen molar-refractivity contribution < 1.29 is 14.3 Å². The number of rotatable bonds is 7. The SMILES string of the molecule is CCCOc1cccc(OCC(=O)Nc2nc3ccccc3s2)c1. The van der Waals surface area contributed by atoms with E-state index in [2.05, 4.69) is 10.3 Å². The number of hydrogen-bond donors (Lipinski definition) is 1. The monoisotopic (exact) mass is 342 g/mol. The lowest BCUT2D eigenvalue weighted by Gasteiger charge is -2.08. The average molecular weight is 342 g/mol. The maximum absolute atomic E-state index is 12.0. The Kier molecular flexibility index (Phi) is 5.28. The average Bonchev–Trinajstić information content (AvgIpc) is 3.00. The highest BCUT2D eigenvalue weighted by Crippen LogP contribution is 2.25. The number of fused-ring (bicyclic) bond motifs is 1. The number of thiazole rings is 1. The molecule has 1 N–H and O–H groups in total. The predicted molar refractivity (Wildman–Crippen MR) is 96.0 cm³/mol. The van der Waals surface area contributed by atoms with Gasteiger partial charge in [-0.2, -0.15) is 0 Å². The number of carbonyl (C=O) groups excluding carboxylic acids is 1. The second-order valence-corrected chi connectivity index (χ2v) is 6.18. The van der Waals surface area contributed by atoms with Gasteiger partial charge in [0, 0.05) is 6.07 Å². The lowest BCUT2D eigenvalue weighted by molar-refractivity contribution is -0.118. The van der Waals surface area contributed by atoms with Crippen molar-refractivity contribution >= 4 is 32.6 Å². The zero-order valence-electron chi connectivity index (χ0n) is 13.3. The van der Waals surface area contributed by atoms with E-state index >= 15 is 0 Å². The summed E-state index contributed by atoms with van der Waals surface area (Å²) in [6.45, 7) is 2.63. The minimum absolute atomic E-state index is 0.0762. The summed E-state index contributed by atoms with van der Waals surface area (Å²) in [5.74, 6) is 1.10. The van der Waals surface area contributed by atoms with Crippen molar-refractivity contribution in [3.05, 3.63) is 48.5 Å². The van der Waals surface area contributed by atoms with Gasteiger partial charge < -0.3 is 9.47 Å². The van der Waals surface area contributed by atoms with E-state index in [0.29, 0.717) is 17.5 Å². The molecule has 24 heavy (non-hydrogen) atoms. The number of nitrogens with one attached hydrogen (secondary N) is 1. The van der Waals surface area contributed by atoms with Crippen molar-refractivity contribution in [3.63, 3.8) is 0 Å². The van der Waals surface area contributed by atoms with E-state index in [9.17, 15) is 4.79 Å². The molecule has 0 saturated heterocycles. The molecule has 0 aliphatic rings. The van der Waals surface area contributed by atoms with Crippen molar-refractivity contribution in [1.29, 1.82) is 0 Å². The van der Waals surface area contributed by atoms with Crippen LogP contribution in [-0.2, 0) is 4.79 Å². The quantitative estimate of drug-likeness (QED) is 0.702. The molecule has 1 aromatic heterocycles. The van der Waals surface area contributed by atoms with E-state index in [1.54, 1.807) is 12.1 Å². The summed E-state index contributed by atoms with van der Waals surface area (Å²) >= 11 is 1.44. The molecule has 0 radical (unpaired) electrons. The van der Waals surface area contributed by atoms with Gasteiger partial charge in [-0.15, -0.1) is 0 Å². The van der Waals surface area contributed by atoms with Crippen LogP contribution in [-0.4, -0.2) is 24.1 Å². The third kappa shape index (κ3) is 4.23. The second kappa shape index (κ2) is 7.79. The predicted octanol–water partition coefficient (Wildman–Crippen LogP) is 4.10. The van der Waals surface area contributed by atoms with E-state index in [1.165, 1.54) is 11.3 Å². The normalized spacial score (nSPS) is 10.5. The second-order valence-electron chi connectivity index (χ2n) is 5.15. The summed E-state index contributed by atoms with van der Waals surface area (Å²) in [5.41, 5.74) is 0.875. The Balaban J connectivity index is 1.55. The third-order valence-electron chi connectivity index (χ3n) is 3.19. The van der Waals surface area contributed by atoms with Gasteiger partial charge in [-0.25, -0.2) is 4.98 Å². The summed E-state index contributed by atoms with van der Waals surface area (Å²) in [5, 5.41) is 3.34. The van der Waals surface area contributed by atoms with Crippen LogP contribution in [0.2, 0.25) is 0 Å². The van der Waals surface area contributed by atoms with Crippen LogP contribution < -0.4 is 14.8 Å². The zero-order chi connectivity index (χ0) is 16.8. The number of ether oxygens (including phenoxy) is 2. The molecule has 1 amide bonds. The number of para-hydroxylation sites is 1. The summed E-state index contributed by atoms with van der Waals surface area (Å²) in [6.07, 6.45) is 0.940. The molecular formula is C18H18N2O3S.